The van der Waals surface area contributed by atoms with Crippen LogP contribution in [0.2, 0.25) is 0 Å². The number of nitrogens with one attached hydrogen (secondary N) is 2. The molecule has 0 aliphatic carbocycles. The molecule has 0 saturated carbocycles. The van der Waals surface area contributed by atoms with Crippen LogP contribution in [-0.4, -0.2) is 24.3 Å². The molecule has 1 aliphatic heterocycles. The SMILES string of the molecule is O=C(NNC(=O)c1cccc(N2CCCC2=O)c1)c1ccccc1. The molecule has 0 atom stereocenters. The van der Waals surface area contributed by atoms with E-state index < -0.39 is 11.8 Å². The highest BCUT2D eigenvalue weighted by molar-refractivity contribution is 6.01. The van der Waals surface area contributed by atoms with E-state index >= 15 is 0 Å². The first-order valence-electron chi connectivity index (χ1n) is 7.71. The van der Waals surface area contributed by atoms with Gasteiger partial charge in [0.25, 0.3) is 11.8 Å². The average molecular weight is 323 g/mol. The highest BCUT2D eigenvalue weighted by atomic mass is 16.2. The molecular weight excluding hydrogens is 306 g/mol. The molecule has 0 unspecified atom stereocenters. The van der Waals surface area contributed by atoms with Crippen molar-refractivity contribution in [1.82, 2.24) is 10.9 Å². The smallest absolute Gasteiger partial charge is 0.269 e. The van der Waals surface area contributed by atoms with Gasteiger partial charge in [-0.1, -0.05) is 24.3 Å². The maximum absolute atomic E-state index is 12.2. The molecule has 2 N–H and O–H groups in total. The van der Waals surface area contributed by atoms with Gasteiger partial charge in [0.05, 0.1) is 0 Å². The fraction of sp³-hybridized carbons (Fsp3) is 0.167. The zero-order valence-corrected chi connectivity index (χ0v) is 13.0. The van der Waals surface area contributed by atoms with Gasteiger partial charge < -0.3 is 4.90 Å². The van der Waals surface area contributed by atoms with E-state index in [-0.39, 0.29) is 5.91 Å². The average Bonchev–Trinajstić information content (AvgIpc) is 3.06. The summed E-state index contributed by atoms with van der Waals surface area (Å²) in [5.74, 6) is -0.771. The van der Waals surface area contributed by atoms with E-state index in [0.29, 0.717) is 29.8 Å². The van der Waals surface area contributed by atoms with E-state index in [1.807, 2.05) is 0 Å². The summed E-state index contributed by atoms with van der Waals surface area (Å²) >= 11 is 0. The molecule has 6 heteroatoms. The van der Waals surface area contributed by atoms with Crippen LogP contribution in [0.5, 0.6) is 0 Å². The van der Waals surface area contributed by atoms with Gasteiger partial charge in [-0.15, -0.1) is 0 Å². The number of nitrogens with zero attached hydrogens (tertiary/aromatic N) is 1. The molecule has 1 saturated heterocycles. The highest BCUT2D eigenvalue weighted by Gasteiger charge is 2.22. The second-order valence-corrected chi connectivity index (χ2v) is 5.47. The van der Waals surface area contributed by atoms with Crippen LogP contribution >= 0.6 is 0 Å². The van der Waals surface area contributed by atoms with Crippen molar-refractivity contribution in [3.8, 4) is 0 Å². The Bertz CT molecular complexity index is 774. The number of hydrogen-bond donors (Lipinski definition) is 2. The number of rotatable bonds is 3. The molecule has 1 fully saturated rings. The van der Waals surface area contributed by atoms with Crippen molar-refractivity contribution >= 4 is 23.4 Å². The van der Waals surface area contributed by atoms with Crippen LogP contribution in [0, 0.1) is 0 Å². The maximum atomic E-state index is 12.2. The Morgan fingerprint density at radius 1 is 0.875 bits per heavy atom. The molecule has 6 nitrogen and oxygen atoms in total. The Hall–Kier alpha value is -3.15. The molecule has 0 radical (unpaired) electrons. The predicted molar refractivity (Wildman–Crippen MR) is 89.4 cm³/mol. The molecule has 24 heavy (non-hydrogen) atoms. The van der Waals surface area contributed by atoms with Crippen LogP contribution in [0.15, 0.2) is 54.6 Å². The normalized spacial score (nSPS) is 13.7. The Kier molecular flexibility index (Phi) is 4.56. The van der Waals surface area contributed by atoms with Gasteiger partial charge in [-0.05, 0) is 36.8 Å². The van der Waals surface area contributed by atoms with Crippen LogP contribution in [0.25, 0.3) is 0 Å². The fourth-order valence-electron chi connectivity index (χ4n) is 2.58. The first-order valence-corrected chi connectivity index (χ1v) is 7.71. The largest absolute Gasteiger partial charge is 0.312 e. The Morgan fingerprint density at radius 3 is 2.21 bits per heavy atom. The number of hydrogen-bond acceptors (Lipinski definition) is 3. The van der Waals surface area contributed by atoms with Crippen molar-refractivity contribution in [2.45, 2.75) is 12.8 Å². The maximum Gasteiger partial charge on any atom is 0.269 e. The lowest BCUT2D eigenvalue weighted by Crippen LogP contribution is -2.41. The molecular formula is C18H17N3O3. The quantitative estimate of drug-likeness (QED) is 0.847. The van der Waals surface area contributed by atoms with Crippen molar-refractivity contribution in [3.63, 3.8) is 0 Å². The number of anilines is 1. The Labute approximate surface area is 139 Å². The van der Waals surface area contributed by atoms with Gasteiger partial charge in [0, 0.05) is 29.8 Å². The summed E-state index contributed by atoms with van der Waals surface area (Å²) in [5, 5.41) is 0. The minimum atomic E-state index is -0.437. The summed E-state index contributed by atoms with van der Waals surface area (Å²) in [5.41, 5.74) is 6.28. The number of carbonyl (C=O) groups is 3. The third-order valence-corrected chi connectivity index (χ3v) is 3.82. The van der Waals surface area contributed by atoms with Crippen molar-refractivity contribution in [2.75, 3.05) is 11.4 Å². The molecule has 0 aromatic heterocycles. The first-order chi connectivity index (χ1) is 11.6. The zero-order valence-electron chi connectivity index (χ0n) is 13.0. The molecule has 1 heterocycles. The molecule has 0 spiro atoms. The fourth-order valence-corrected chi connectivity index (χ4v) is 2.58. The lowest BCUT2D eigenvalue weighted by Gasteiger charge is -2.16. The van der Waals surface area contributed by atoms with Crippen molar-refractivity contribution in [2.24, 2.45) is 0 Å². The number of benzene rings is 2. The van der Waals surface area contributed by atoms with Crippen molar-refractivity contribution < 1.29 is 14.4 Å². The van der Waals surface area contributed by atoms with Crippen LogP contribution in [-0.2, 0) is 4.79 Å². The second-order valence-electron chi connectivity index (χ2n) is 5.47. The van der Waals surface area contributed by atoms with Gasteiger partial charge in [0.1, 0.15) is 0 Å². The lowest BCUT2D eigenvalue weighted by molar-refractivity contribution is -0.117. The summed E-state index contributed by atoms with van der Waals surface area (Å²) in [4.78, 5) is 37.6. The summed E-state index contributed by atoms with van der Waals surface area (Å²) < 4.78 is 0. The van der Waals surface area contributed by atoms with Gasteiger partial charge in [0.2, 0.25) is 5.91 Å². The monoisotopic (exact) mass is 323 g/mol. The van der Waals surface area contributed by atoms with Crippen molar-refractivity contribution in [1.29, 1.82) is 0 Å². The third-order valence-electron chi connectivity index (χ3n) is 3.82. The summed E-state index contributed by atoms with van der Waals surface area (Å²) in [6.07, 6.45) is 1.35. The predicted octanol–water partition coefficient (Wildman–Crippen LogP) is 1.89. The molecule has 3 rings (SSSR count). The standard InChI is InChI=1S/C18H17N3O3/c22-16-10-5-11-21(16)15-9-4-8-14(12-15)18(24)20-19-17(23)13-6-2-1-3-7-13/h1-4,6-9,12H,5,10-11H2,(H,19,23)(H,20,24). The van der Waals surface area contributed by atoms with E-state index in [2.05, 4.69) is 10.9 Å². The second kappa shape index (κ2) is 6.95. The molecule has 2 aromatic rings. The minimum Gasteiger partial charge on any atom is -0.312 e. The summed E-state index contributed by atoms with van der Waals surface area (Å²) in [6, 6.07) is 15.4. The van der Waals surface area contributed by atoms with Gasteiger partial charge in [-0.25, -0.2) is 0 Å². The van der Waals surface area contributed by atoms with Crippen LogP contribution < -0.4 is 15.8 Å². The number of hydrazine groups is 1. The van der Waals surface area contributed by atoms with E-state index in [0.717, 1.165) is 6.42 Å². The zero-order chi connectivity index (χ0) is 16.9. The Balaban J connectivity index is 1.65. The molecule has 1 aliphatic rings. The van der Waals surface area contributed by atoms with E-state index in [1.165, 1.54) is 0 Å². The highest BCUT2D eigenvalue weighted by Crippen LogP contribution is 2.22. The number of carbonyl (C=O) groups excluding carboxylic acids is 3. The Morgan fingerprint density at radius 2 is 1.54 bits per heavy atom. The van der Waals surface area contributed by atoms with Crippen LogP contribution in [0.3, 0.4) is 0 Å². The third kappa shape index (κ3) is 3.43. The first kappa shape index (κ1) is 15.7. The molecule has 2 aromatic carbocycles. The van der Waals surface area contributed by atoms with Crippen molar-refractivity contribution in [3.05, 3.63) is 65.7 Å². The summed E-state index contributed by atoms with van der Waals surface area (Å²) in [6.45, 7) is 0.661. The van der Waals surface area contributed by atoms with Gasteiger partial charge in [-0.3, -0.25) is 25.2 Å². The van der Waals surface area contributed by atoms with E-state index in [1.54, 1.807) is 59.5 Å². The number of amides is 3. The topological polar surface area (TPSA) is 78.5 Å². The summed E-state index contributed by atoms with van der Waals surface area (Å²) in [7, 11) is 0. The molecule has 0 bridgehead atoms. The molecule has 3 amide bonds. The minimum absolute atomic E-state index is 0.0601. The van der Waals surface area contributed by atoms with Gasteiger partial charge in [-0.2, -0.15) is 0 Å². The van der Waals surface area contributed by atoms with Gasteiger partial charge >= 0.3 is 0 Å². The van der Waals surface area contributed by atoms with E-state index in [4.69, 9.17) is 0 Å². The van der Waals surface area contributed by atoms with Crippen LogP contribution in [0.1, 0.15) is 33.6 Å². The molecule has 122 valence electrons. The van der Waals surface area contributed by atoms with E-state index in [9.17, 15) is 14.4 Å². The van der Waals surface area contributed by atoms with Gasteiger partial charge in [0.15, 0.2) is 0 Å². The van der Waals surface area contributed by atoms with Crippen LogP contribution in [0.4, 0.5) is 5.69 Å². The lowest BCUT2D eigenvalue weighted by atomic mass is 10.2.